The molecule has 4 nitrogen and oxygen atoms in total. The Labute approximate surface area is 119 Å². The van der Waals surface area contributed by atoms with Crippen molar-refractivity contribution >= 4 is 18.4 Å². The first kappa shape index (κ1) is 13.6. The molecule has 0 bridgehead atoms. The van der Waals surface area contributed by atoms with Crippen molar-refractivity contribution in [1.82, 2.24) is 0 Å². The smallest absolute Gasteiger partial charge is 0.486 e. The topological polar surface area (TPSA) is 44.8 Å². The second-order valence-electron chi connectivity index (χ2n) is 6.46. The Hall–Kier alpha value is -1.33. The lowest BCUT2D eigenvalue weighted by Crippen LogP contribution is -2.41. The van der Waals surface area contributed by atoms with E-state index >= 15 is 0 Å². The molecule has 0 aliphatic carbocycles. The first-order valence-corrected chi connectivity index (χ1v) is 6.91. The lowest BCUT2D eigenvalue weighted by Gasteiger charge is -2.32. The zero-order valence-corrected chi connectivity index (χ0v) is 12.4. The van der Waals surface area contributed by atoms with Crippen LogP contribution in [0.25, 0.3) is 0 Å². The molecule has 1 saturated heterocycles. The van der Waals surface area contributed by atoms with E-state index < -0.39 is 7.12 Å². The highest BCUT2D eigenvalue weighted by Gasteiger charge is 2.51. The third-order valence-electron chi connectivity index (χ3n) is 4.39. The highest BCUT2D eigenvalue weighted by molar-refractivity contribution is 6.62. The number of benzene rings is 1. The van der Waals surface area contributed by atoms with E-state index in [1.54, 1.807) is 0 Å². The number of carbonyl (C=O) groups excluding carboxylic acids is 1. The van der Waals surface area contributed by atoms with Crippen LogP contribution in [0.1, 0.15) is 33.3 Å². The number of ketones is 1. The second kappa shape index (κ2) is 4.33. The molecule has 0 unspecified atom stereocenters. The number of hydrogen-bond donors (Lipinski definition) is 0. The summed E-state index contributed by atoms with van der Waals surface area (Å²) in [5, 5.41) is 0. The molecule has 20 heavy (non-hydrogen) atoms. The Morgan fingerprint density at radius 3 is 2.40 bits per heavy atom. The van der Waals surface area contributed by atoms with Crippen LogP contribution in [0.3, 0.4) is 0 Å². The molecular weight excluding hydrogens is 255 g/mol. The van der Waals surface area contributed by atoms with Crippen LogP contribution in [0.2, 0.25) is 0 Å². The van der Waals surface area contributed by atoms with Crippen LogP contribution in [-0.4, -0.2) is 30.7 Å². The van der Waals surface area contributed by atoms with Gasteiger partial charge in [0.15, 0.2) is 5.78 Å². The van der Waals surface area contributed by atoms with Gasteiger partial charge in [-0.1, -0.05) is 12.1 Å². The van der Waals surface area contributed by atoms with Crippen molar-refractivity contribution in [3.8, 4) is 5.75 Å². The summed E-state index contributed by atoms with van der Waals surface area (Å²) < 4.78 is 17.4. The van der Waals surface area contributed by atoms with Crippen molar-refractivity contribution in [2.24, 2.45) is 0 Å². The molecule has 5 heteroatoms. The van der Waals surface area contributed by atoms with Crippen molar-refractivity contribution in [1.29, 1.82) is 0 Å². The molecule has 3 rings (SSSR count). The highest BCUT2D eigenvalue weighted by Crippen LogP contribution is 2.36. The first-order chi connectivity index (χ1) is 9.28. The number of fused-ring (bicyclic) bond motifs is 1. The van der Waals surface area contributed by atoms with Crippen LogP contribution in [0.15, 0.2) is 18.2 Å². The van der Waals surface area contributed by atoms with Gasteiger partial charge in [-0.05, 0) is 39.2 Å². The number of ether oxygens (including phenoxy) is 1. The largest absolute Gasteiger partial charge is 0.494 e. The minimum absolute atomic E-state index is 0.101. The zero-order valence-electron chi connectivity index (χ0n) is 12.4. The molecule has 0 amide bonds. The van der Waals surface area contributed by atoms with Crippen LogP contribution in [0, 0.1) is 0 Å². The summed E-state index contributed by atoms with van der Waals surface area (Å²) in [4.78, 5) is 11.5. The van der Waals surface area contributed by atoms with Crippen LogP contribution < -0.4 is 10.2 Å². The monoisotopic (exact) mass is 274 g/mol. The van der Waals surface area contributed by atoms with Gasteiger partial charge in [-0.25, -0.2) is 0 Å². The second-order valence-corrected chi connectivity index (χ2v) is 6.46. The van der Waals surface area contributed by atoms with E-state index in [0.717, 1.165) is 16.8 Å². The van der Waals surface area contributed by atoms with Gasteiger partial charge in [0, 0.05) is 12.0 Å². The number of rotatable bonds is 1. The molecule has 0 N–H and O–H groups in total. The standard InChI is InChI=1S/C15H19BO4/c1-14(2)15(3,4)20-16(19-14)11-5-6-13-10(7-11)8-12(17)9-18-13/h5-7H,8-9H2,1-4H3. The Bertz CT molecular complexity index is 549. The summed E-state index contributed by atoms with van der Waals surface area (Å²) in [6.07, 6.45) is 0.419. The Balaban J connectivity index is 1.89. The van der Waals surface area contributed by atoms with E-state index in [1.165, 1.54) is 0 Å². The van der Waals surface area contributed by atoms with Crippen molar-refractivity contribution in [3.63, 3.8) is 0 Å². The SMILES string of the molecule is CC1(C)OB(c2ccc3c(c2)CC(=O)CO3)OC1(C)C. The summed E-state index contributed by atoms with van der Waals surface area (Å²) >= 11 is 0. The van der Waals surface area contributed by atoms with Gasteiger partial charge in [0.25, 0.3) is 0 Å². The van der Waals surface area contributed by atoms with Gasteiger partial charge in [-0.3, -0.25) is 4.79 Å². The average Bonchev–Trinajstić information content (AvgIpc) is 2.57. The number of carbonyl (C=O) groups is 1. The van der Waals surface area contributed by atoms with Gasteiger partial charge in [0.1, 0.15) is 12.4 Å². The minimum atomic E-state index is -0.401. The molecule has 0 atom stereocenters. The number of hydrogen-bond acceptors (Lipinski definition) is 4. The van der Waals surface area contributed by atoms with Gasteiger partial charge in [-0.15, -0.1) is 0 Å². The van der Waals surface area contributed by atoms with Crippen molar-refractivity contribution in [2.45, 2.75) is 45.3 Å². The third kappa shape index (κ3) is 2.15. The fourth-order valence-corrected chi connectivity index (χ4v) is 2.43. The Morgan fingerprint density at radius 1 is 1.10 bits per heavy atom. The third-order valence-corrected chi connectivity index (χ3v) is 4.39. The molecule has 0 spiro atoms. The van der Waals surface area contributed by atoms with Gasteiger partial charge < -0.3 is 14.0 Å². The molecule has 0 saturated carbocycles. The van der Waals surface area contributed by atoms with Crippen LogP contribution in [0.4, 0.5) is 0 Å². The minimum Gasteiger partial charge on any atom is -0.486 e. The molecule has 2 aliphatic heterocycles. The summed E-state index contributed by atoms with van der Waals surface area (Å²) in [6, 6.07) is 5.79. The van der Waals surface area contributed by atoms with E-state index in [4.69, 9.17) is 14.0 Å². The van der Waals surface area contributed by atoms with Crippen LogP contribution in [0.5, 0.6) is 5.75 Å². The normalized spacial score (nSPS) is 23.4. The summed E-state index contributed by atoms with van der Waals surface area (Å²) in [6.45, 7) is 8.27. The predicted octanol–water partition coefficient (Wildman–Crippen LogP) is 1.49. The summed E-state index contributed by atoms with van der Waals surface area (Å²) in [7, 11) is -0.401. The maximum absolute atomic E-state index is 11.5. The molecule has 0 aromatic heterocycles. The summed E-state index contributed by atoms with van der Waals surface area (Å²) in [5.41, 5.74) is 1.12. The molecule has 0 radical (unpaired) electrons. The Kier molecular flexibility index (Phi) is 2.96. The molecule has 2 heterocycles. The lowest BCUT2D eigenvalue weighted by atomic mass is 9.78. The molecule has 1 aromatic carbocycles. The lowest BCUT2D eigenvalue weighted by molar-refractivity contribution is -0.121. The molecule has 2 aliphatic rings. The van der Waals surface area contributed by atoms with Crippen LogP contribution >= 0.6 is 0 Å². The van der Waals surface area contributed by atoms with Gasteiger partial charge >= 0.3 is 7.12 Å². The van der Waals surface area contributed by atoms with E-state index in [1.807, 2.05) is 45.9 Å². The highest BCUT2D eigenvalue weighted by atomic mass is 16.7. The predicted molar refractivity (Wildman–Crippen MR) is 76.4 cm³/mol. The van der Waals surface area contributed by atoms with E-state index in [2.05, 4.69) is 0 Å². The quantitative estimate of drug-likeness (QED) is 0.728. The molecule has 106 valence electrons. The van der Waals surface area contributed by atoms with E-state index in [0.29, 0.717) is 6.42 Å². The Morgan fingerprint density at radius 2 is 1.75 bits per heavy atom. The zero-order chi connectivity index (χ0) is 14.5. The van der Waals surface area contributed by atoms with Gasteiger partial charge in [0.05, 0.1) is 11.2 Å². The van der Waals surface area contributed by atoms with Crippen molar-refractivity contribution in [2.75, 3.05) is 6.61 Å². The van der Waals surface area contributed by atoms with E-state index in [-0.39, 0.29) is 23.6 Å². The average molecular weight is 274 g/mol. The maximum Gasteiger partial charge on any atom is 0.494 e. The maximum atomic E-state index is 11.5. The molecule has 1 fully saturated rings. The van der Waals surface area contributed by atoms with Crippen LogP contribution in [-0.2, 0) is 20.5 Å². The van der Waals surface area contributed by atoms with E-state index in [9.17, 15) is 4.79 Å². The molecular formula is C15H19BO4. The summed E-state index contributed by atoms with van der Waals surface area (Å²) in [5.74, 6) is 0.883. The first-order valence-electron chi connectivity index (χ1n) is 6.91. The van der Waals surface area contributed by atoms with Gasteiger partial charge in [0.2, 0.25) is 0 Å². The fraction of sp³-hybridized carbons (Fsp3) is 0.533. The van der Waals surface area contributed by atoms with Crippen molar-refractivity contribution < 1.29 is 18.8 Å². The molecule has 1 aromatic rings. The number of Topliss-reactive ketones (excluding diaryl/α,β-unsaturated/α-hetero) is 1. The fourth-order valence-electron chi connectivity index (χ4n) is 2.43. The van der Waals surface area contributed by atoms with Crippen molar-refractivity contribution in [3.05, 3.63) is 23.8 Å². The van der Waals surface area contributed by atoms with Gasteiger partial charge in [-0.2, -0.15) is 0 Å².